The highest BCUT2D eigenvalue weighted by Crippen LogP contribution is 2.39. The summed E-state index contributed by atoms with van der Waals surface area (Å²) in [6.07, 6.45) is 1.37. The van der Waals surface area contributed by atoms with E-state index in [9.17, 15) is 18.8 Å². The molecule has 2 atom stereocenters. The van der Waals surface area contributed by atoms with E-state index in [2.05, 4.69) is 5.32 Å². The van der Waals surface area contributed by atoms with Gasteiger partial charge in [-0.2, -0.15) is 0 Å². The summed E-state index contributed by atoms with van der Waals surface area (Å²) in [6, 6.07) is 11.3. The van der Waals surface area contributed by atoms with Crippen LogP contribution in [0.3, 0.4) is 0 Å². The van der Waals surface area contributed by atoms with Gasteiger partial charge >= 0.3 is 0 Å². The van der Waals surface area contributed by atoms with E-state index in [0.717, 1.165) is 12.5 Å². The van der Waals surface area contributed by atoms with Gasteiger partial charge in [-0.3, -0.25) is 19.3 Å². The standard InChI is InChI=1S/C26H29ClFN3O4/c1-3-17(2)29-23(32)22-16-35-26(31(22)24(33)18-7-6-8-19(28)15-18)11-13-30(14-12-26)25(34)20-9-4-5-10-21(20)27/h4-10,15,17,22H,3,11-14,16H2,1-2H3,(H,29,32)/t17-,22+/m0/s1. The first-order valence-electron chi connectivity index (χ1n) is 11.8. The topological polar surface area (TPSA) is 79.0 Å². The summed E-state index contributed by atoms with van der Waals surface area (Å²) >= 11 is 6.21. The molecule has 0 unspecified atom stereocenters. The SMILES string of the molecule is CC[C@H](C)NC(=O)[C@H]1COC2(CCN(C(=O)c3ccccc3Cl)CC2)N1C(=O)c1cccc(F)c1. The molecule has 7 nitrogen and oxygen atoms in total. The maximum absolute atomic E-state index is 13.9. The van der Waals surface area contributed by atoms with Crippen LogP contribution in [-0.2, 0) is 9.53 Å². The molecular weight excluding hydrogens is 473 g/mol. The number of amides is 3. The molecule has 0 bridgehead atoms. The zero-order valence-corrected chi connectivity index (χ0v) is 20.6. The molecule has 4 rings (SSSR count). The van der Waals surface area contributed by atoms with Gasteiger partial charge in [0.15, 0.2) is 0 Å². The number of piperidine rings is 1. The Kier molecular flexibility index (Phi) is 7.42. The Hall–Kier alpha value is -2.97. The molecule has 2 saturated heterocycles. The second-order valence-electron chi connectivity index (χ2n) is 9.05. The maximum atomic E-state index is 13.9. The van der Waals surface area contributed by atoms with Gasteiger partial charge in [0.1, 0.15) is 17.6 Å². The lowest BCUT2D eigenvalue weighted by Gasteiger charge is -2.44. The molecule has 0 aliphatic carbocycles. The number of halogens is 2. The summed E-state index contributed by atoms with van der Waals surface area (Å²) in [4.78, 5) is 42.9. The highest BCUT2D eigenvalue weighted by molar-refractivity contribution is 6.33. The van der Waals surface area contributed by atoms with E-state index in [1.165, 1.54) is 23.1 Å². The number of hydrogen-bond donors (Lipinski definition) is 1. The van der Waals surface area contributed by atoms with Crippen LogP contribution in [0, 0.1) is 5.82 Å². The third kappa shape index (κ3) is 5.04. The van der Waals surface area contributed by atoms with Crippen LogP contribution in [0.2, 0.25) is 5.02 Å². The number of nitrogens with zero attached hydrogens (tertiary/aromatic N) is 2. The van der Waals surface area contributed by atoms with Crippen LogP contribution in [0.25, 0.3) is 0 Å². The monoisotopic (exact) mass is 501 g/mol. The summed E-state index contributed by atoms with van der Waals surface area (Å²) in [5.41, 5.74) is -0.514. The summed E-state index contributed by atoms with van der Waals surface area (Å²) < 4.78 is 20.1. The van der Waals surface area contributed by atoms with Gasteiger partial charge in [-0.05, 0) is 43.7 Å². The fourth-order valence-corrected chi connectivity index (χ4v) is 4.85. The van der Waals surface area contributed by atoms with Crippen LogP contribution in [0.15, 0.2) is 48.5 Å². The molecule has 0 aromatic heterocycles. The molecule has 1 N–H and O–H groups in total. The smallest absolute Gasteiger partial charge is 0.256 e. The van der Waals surface area contributed by atoms with Crippen molar-refractivity contribution in [3.05, 3.63) is 70.5 Å². The number of nitrogens with one attached hydrogen (secondary N) is 1. The zero-order chi connectivity index (χ0) is 25.2. The van der Waals surface area contributed by atoms with Crippen molar-refractivity contribution in [1.82, 2.24) is 15.1 Å². The first kappa shape index (κ1) is 25.1. The Morgan fingerprint density at radius 1 is 1.14 bits per heavy atom. The van der Waals surface area contributed by atoms with Gasteiger partial charge in [0.25, 0.3) is 11.8 Å². The molecule has 35 heavy (non-hydrogen) atoms. The lowest BCUT2D eigenvalue weighted by Crippen LogP contribution is -2.60. The minimum absolute atomic E-state index is 0.0295. The molecule has 2 heterocycles. The van der Waals surface area contributed by atoms with Crippen molar-refractivity contribution in [3.63, 3.8) is 0 Å². The number of benzene rings is 2. The minimum atomic E-state index is -1.07. The van der Waals surface area contributed by atoms with Gasteiger partial charge in [0.2, 0.25) is 5.91 Å². The van der Waals surface area contributed by atoms with E-state index in [4.69, 9.17) is 16.3 Å². The molecule has 1 spiro atoms. The lowest BCUT2D eigenvalue weighted by atomic mass is 9.96. The Bertz CT molecular complexity index is 1120. The molecule has 2 aliphatic heterocycles. The first-order chi connectivity index (χ1) is 16.8. The van der Waals surface area contributed by atoms with Crippen LogP contribution in [0.4, 0.5) is 4.39 Å². The van der Waals surface area contributed by atoms with E-state index in [1.807, 2.05) is 13.8 Å². The number of carbonyl (C=O) groups is 3. The Balaban J connectivity index is 1.59. The van der Waals surface area contributed by atoms with Crippen molar-refractivity contribution in [2.24, 2.45) is 0 Å². The third-order valence-electron chi connectivity index (χ3n) is 6.79. The van der Waals surface area contributed by atoms with Gasteiger partial charge in [-0.1, -0.05) is 36.7 Å². The second-order valence-corrected chi connectivity index (χ2v) is 9.46. The quantitative estimate of drug-likeness (QED) is 0.674. The van der Waals surface area contributed by atoms with Crippen molar-refractivity contribution in [2.45, 2.75) is 50.9 Å². The fourth-order valence-electron chi connectivity index (χ4n) is 4.63. The van der Waals surface area contributed by atoms with Gasteiger partial charge in [0.05, 0.1) is 17.2 Å². The van der Waals surface area contributed by atoms with E-state index in [1.54, 1.807) is 29.2 Å². The van der Waals surface area contributed by atoms with E-state index < -0.39 is 23.5 Å². The first-order valence-corrected chi connectivity index (χ1v) is 12.2. The van der Waals surface area contributed by atoms with Crippen LogP contribution < -0.4 is 5.32 Å². The molecule has 9 heteroatoms. The van der Waals surface area contributed by atoms with E-state index in [0.29, 0.717) is 36.5 Å². The summed E-state index contributed by atoms with van der Waals surface area (Å²) in [5, 5.41) is 3.30. The average Bonchev–Trinajstić information content (AvgIpc) is 3.22. The average molecular weight is 502 g/mol. The van der Waals surface area contributed by atoms with Crippen molar-refractivity contribution in [3.8, 4) is 0 Å². The molecule has 3 amide bonds. The molecule has 0 radical (unpaired) electrons. The zero-order valence-electron chi connectivity index (χ0n) is 19.8. The predicted molar refractivity (Wildman–Crippen MR) is 130 cm³/mol. The van der Waals surface area contributed by atoms with Crippen LogP contribution in [0.5, 0.6) is 0 Å². The number of carbonyl (C=O) groups excluding carboxylic acids is 3. The van der Waals surface area contributed by atoms with Gasteiger partial charge < -0.3 is 15.0 Å². The van der Waals surface area contributed by atoms with Crippen LogP contribution in [0.1, 0.15) is 53.8 Å². The minimum Gasteiger partial charge on any atom is -0.353 e. The van der Waals surface area contributed by atoms with Crippen LogP contribution >= 0.6 is 11.6 Å². The number of hydrogen-bond acceptors (Lipinski definition) is 4. The fraction of sp³-hybridized carbons (Fsp3) is 0.423. The van der Waals surface area contributed by atoms with Gasteiger partial charge in [-0.15, -0.1) is 0 Å². The largest absolute Gasteiger partial charge is 0.353 e. The molecule has 0 saturated carbocycles. The molecule has 2 aliphatic rings. The predicted octanol–water partition coefficient (Wildman–Crippen LogP) is 3.87. The van der Waals surface area contributed by atoms with Gasteiger partial charge in [0, 0.05) is 37.5 Å². The molecule has 2 aromatic rings. The highest BCUT2D eigenvalue weighted by Gasteiger charge is 2.54. The molecule has 2 fully saturated rings. The van der Waals surface area contributed by atoms with Crippen molar-refractivity contribution >= 4 is 29.3 Å². The Morgan fingerprint density at radius 3 is 2.51 bits per heavy atom. The lowest BCUT2D eigenvalue weighted by molar-refractivity contribution is -0.128. The second kappa shape index (κ2) is 10.3. The summed E-state index contributed by atoms with van der Waals surface area (Å²) in [7, 11) is 0. The normalized spacial score (nSPS) is 20.1. The molecule has 186 valence electrons. The molecule has 2 aromatic carbocycles. The summed E-state index contributed by atoms with van der Waals surface area (Å²) in [5.74, 6) is -1.52. The number of rotatable bonds is 5. The number of ether oxygens (including phenoxy) is 1. The Morgan fingerprint density at radius 2 is 1.86 bits per heavy atom. The van der Waals surface area contributed by atoms with Crippen molar-refractivity contribution < 1.29 is 23.5 Å². The summed E-state index contributed by atoms with van der Waals surface area (Å²) in [6.45, 7) is 4.51. The highest BCUT2D eigenvalue weighted by atomic mass is 35.5. The van der Waals surface area contributed by atoms with E-state index in [-0.39, 0.29) is 30.0 Å². The van der Waals surface area contributed by atoms with Crippen LogP contribution in [-0.4, -0.2) is 65.0 Å². The number of likely N-dealkylation sites (tertiary alicyclic amines) is 1. The van der Waals surface area contributed by atoms with Crippen molar-refractivity contribution in [2.75, 3.05) is 19.7 Å². The van der Waals surface area contributed by atoms with Gasteiger partial charge in [-0.25, -0.2) is 4.39 Å². The van der Waals surface area contributed by atoms with Crippen molar-refractivity contribution in [1.29, 1.82) is 0 Å². The molecular formula is C26H29ClFN3O4. The third-order valence-corrected chi connectivity index (χ3v) is 7.12. The maximum Gasteiger partial charge on any atom is 0.256 e. The van der Waals surface area contributed by atoms with E-state index >= 15 is 0 Å². The Labute approximate surface area is 209 Å².